The van der Waals surface area contributed by atoms with Gasteiger partial charge in [0.15, 0.2) is 0 Å². The van der Waals surface area contributed by atoms with Crippen molar-refractivity contribution < 1.29 is 0 Å². The summed E-state index contributed by atoms with van der Waals surface area (Å²) in [6.45, 7) is 43.1. The summed E-state index contributed by atoms with van der Waals surface area (Å²) in [6.07, 6.45) is 0. The SMILES string of the molecule is Cc1cc(C(c2ccc3cc(C(c4cc(C)c(C)c(C)c4C)c4cc(C)c(C)c(C)c4C)ccc3c2)c2cc(C)c(C)c(C)c2C)c(C)c(C)c1C.Cc1ccc(-c2cc(-c3ccc(C)cc3)cc(-c3ccc(C)cc3)c2)cc1. The number of hydrogen-bond donors (Lipinski definition) is 0. The van der Waals surface area contributed by atoms with Gasteiger partial charge in [0.25, 0.3) is 0 Å². The summed E-state index contributed by atoms with van der Waals surface area (Å²) in [5, 5.41) is 2.59. The molecule has 0 N–H and O–H groups in total. The van der Waals surface area contributed by atoms with Gasteiger partial charge in [0, 0.05) is 11.8 Å². The lowest BCUT2D eigenvalue weighted by atomic mass is 9.76. The van der Waals surface area contributed by atoms with Gasteiger partial charge in [-0.15, -0.1) is 0 Å². The molecule has 400 valence electrons. The molecule has 0 amide bonds. The molecule has 0 saturated heterocycles. The quantitative estimate of drug-likeness (QED) is 0.126. The van der Waals surface area contributed by atoms with Crippen molar-refractivity contribution in [2.24, 2.45) is 0 Å². The molecule has 0 aromatic heterocycles. The summed E-state index contributed by atoms with van der Waals surface area (Å²) in [5.41, 5.74) is 42.1. The molecular formula is C79H84. The highest BCUT2D eigenvalue weighted by molar-refractivity contribution is 5.85. The van der Waals surface area contributed by atoms with E-state index in [4.69, 9.17) is 0 Å². The van der Waals surface area contributed by atoms with E-state index in [0.717, 1.165) is 0 Å². The monoisotopic (exact) mass is 1030 g/mol. The molecule has 0 bridgehead atoms. The van der Waals surface area contributed by atoms with E-state index in [2.05, 4.69) is 283 Å². The van der Waals surface area contributed by atoms with E-state index in [1.165, 1.54) is 183 Å². The summed E-state index contributed by atoms with van der Waals surface area (Å²) in [4.78, 5) is 0. The number of aryl methyl sites for hydroxylation is 7. The second-order valence-corrected chi connectivity index (χ2v) is 23.8. The summed E-state index contributed by atoms with van der Waals surface area (Å²) in [7, 11) is 0. The van der Waals surface area contributed by atoms with E-state index >= 15 is 0 Å². The average Bonchev–Trinajstić information content (AvgIpc) is 3.62. The molecule has 0 fully saturated rings. The molecule has 0 spiro atoms. The van der Waals surface area contributed by atoms with Crippen LogP contribution in [0.5, 0.6) is 0 Å². The number of benzene rings is 10. The molecule has 0 atom stereocenters. The topological polar surface area (TPSA) is 0 Å². The normalized spacial score (nSPS) is 11.5. The second-order valence-electron chi connectivity index (χ2n) is 23.8. The molecule has 0 heteroatoms. The van der Waals surface area contributed by atoms with Gasteiger partial charge in [-0.1, -0.05) is 150 Å². The molecular weight excluding hydrogens is 949 g/mol. The first-order valence-electron chi connectivity index (χ1n) is 28.7. The van der Waals surface area contributed by atoms with Crippen molar-refractivity contribution in [3.63, 3.8) is 0 Å². The first-order chi connectivity index (χ1) is 37.5. The molecule has 0 radical (unpaired) electrons. The van der Waals surface area contributed by atoms with Crippen LogP contribution in [-0.2, 0) is 0 Å². The highest BCUT2D eigenvalue weighted by Crippen LogP contribution is 2.44. The Morgan fingerprint density at radius 3 is 0.646 bits per heavy atom. The van der Waals surface area contributed by atoms with Crippen LogP contribution >= 0.6 is 0 Å². The van der Waals surface area contributed by atoms with E-state index in [0.29, 0.717) is 0 Å². The first-order valence-corrected chi connectivity index (χ1v) is 28.7. The van der Waals surface area contributed by atoms with Crippen molar-refractivity contribution in [3.8, 4) is 33.4 Å². The highest BCUT2D eigenvalue weighted by atomic mass is 14.3. The maximum absolute atomic E-state index is 2.48. The highest BCUT2D eigenvalue weighted by Gasteiger charge is 2.27. The summed E-state index contributed by atoms with van der Waals surface area (Å²) >= 11 is 0. The van der Waals surface area contributed by atoms with Gasteiger partial charge in [-0.3, -0.25) is 0 Å². The van der Waals surface area contributed by atoms with E-state index < -0.39 is 0 Å². The van der Waals surface area contributed by atoms with Crippen LogP contribution in [0, 0.1) is 132 Å². The molecule has 0 unspecified atom stereocenters. The van der Waals surface area contributed by atoms with Crippen molar-refractivity contribution in [3.05, 3.63) is 291 Å². The van der Waals surface area contributed by atoms with Crippen LogP contribution in [0.3, 0.4) is 0 Å². The Bertz CT molecular complexity index is 3490. The van der Waals surface area contributed by atoms with Gasteiger partial charge < -0.3 is 0 Å². The summed E-state index contributed by atoms with van der Waals surface area (Å²) in [6, 6.07) is 57.7. The van der Waals surface area contributed by atoms with Crippen LogP contribution in [0.1, 0.15) is 151 Å². The van der Waals surface area contributed by atoms with Gasteiger partial charge in [0.2, 0.25) is 0 Å². The second kappa shape index (κ2) is 22.7. The van der Waals surface area contributed by atoms with Gasteiger partial charge in [-0.2, -0.15) is 0 Å². The Balaban J connectivity index is 0.000000234. The lowest BCUT2D eigenvalue weighted by Crippen LogP contribution is -2.12. The molecule has 10 aromatic carbocycles. The van der Waals surface area contributed by atoms with Crippen molar-refractivity contribution in [1.82, 2.24) is 0 Å². The van der Waals surface area contributed by atoms with Crippen LogP contribution in [0.4, 0.5) is 0 Å². The van der Waals surface area contributed by atoms with Crippen LogP contribution in [0.2, 0.25) is 0 Å². The van der Waals surface area contributed by atoms with Gasteiger partial charge >= 0.3 is 0 Å². The Hall–Kier alpha value is -7.54. The summed E-state index contributed by atoms with van der Waals surface area (Å²) < 4.78 is 0. The smallest absolute Gasteiger partial charge is 0.0345 e. The van der Waals surface area contributed by atoms with Crippen LogP contribution in [0.15, 0.2) is 152 Å². The fourth-order valence-electron chi connectivity index (χ4n) is 12.2. The number of rotatable bonds is 9. The molecule has 10 rings (SSSR count). The maximum atomic E-state index is 2.48. The fourth-order valence-corrected chi connectivity index (χ4v) is 12.2. The van der Waals surface area contributed by atoms with Crippen molar-refractivity contribution >= 4 is 10.8 Å². The zero-order valence-corrected chi connectivity index (χ0v) is 51.1. The third-order valence-corrected chi connectivity index (χ3v) is 19.0. The Morgan fingerprint density at radius 1 is 0.190 bits per heavy atom. The lowest BCUT2D eigenvalue weighted by molar-refractivity contribution is 0.926. The predicted octanol–water partition coefficient (Wildman–Crippen LogP) is 21.7. The van der Waals surface area contributed by atoms with Crippen molar-refractivity contribution in [2.45, 2.75) is 143 Å². The third kappa shape index (κ3) is 11.1. The number of fused-ring (bicyclic) bond motifs is 1. The minimum absolute atomic E-state index is 0.148. The number of hydrogen-bond acceptors (Lipinski definition) is 0. The maximum Gasteiger partial charge on any atom is 0.0345 e. The standard InChI is InChI=1S/C52H60.C27H24/c1-27-21-47(39(13)35(9)31(27)5)51(48-22-28(2)32(6)36(10)40(48)14)45-19-17-44-26-46(20-18-43(44)25-45)52(49-23-29(3)33(7)37(11)41(49)15)50-24-30(4)34(8)38(12)42(50)16;1-19-4-10-22(11-5-19)25-16-26(23-12-6-20(2)7-13-23)18-27(17-25)24-14-8-21(3)9-15-24/h17-26,51-52H,1-16H3;4-18H,1-3H3. The zero-order chi connectivity index (χ0) is 56.9. The molecule has 0 aliphatic carbocycles. The van der Waals surface area contributed by atoms with E-state index in [9.17, 15) is 0 Å². The average molecular weight is 1030 g/mol. The van der Waals surface area contributed by atoms with E-state index in [-0.39, 0.29) is 11.8 Å². The predicted molar refractivity (Wildman–Crippen MR) is 344 cm³/mol. The third-order valence-electron chi connectivity index (χ3n) is 19.0. The minimum atomic E-state index is 0.148. The molecule has 79 heavy (non-hydrogen) atoms. The Morgan fingerprint density at radius 2 is 0.418 bits per heavy atom. The van der Waals surface area contributed by atoms with Gasteiger partial charge in [0.1, 0.15) is 0 Å². The molecule has 0 nitrogen and oxygen atoms in total. The minimum Gasteiger partial charge on any atom is -0.0587 e. The lowest BCUT2D eigenvalue weighted by Gasteiger charge is -2.28. The Kier molecular flexibility index (Phi) is 16.1. The molecule has 0 saturated carbocycles. The fraction of sp³-hybridized carbons (Fsp3) is 0.266. The van der Waals surface area contributed by atoms with E-state index in [1.54, 1.807) is 0 Å². The molecule has 10 aromatic rings. The van der Waals surface area contributed by atoms with Gasteiger partial charge in [0.05, 0.1) is 0 Å². The van der Waals surface area contributed by atoms with Crippen molar-refractivity contribution in [1.29, 1.82) is 0 Å². The molecule has 0 aliphatic rings. The Labute approximate surface area is 475 Å². The first kappa shape index (κ1) is 56.2. The van der Waals surface area contributed by atoms with Crippen molar-refractivity contribution in [2.75, 3.05) is 0 Å². The molecule has 0 aliphatic heterocycles. The zero-order valence-electron chi connectivity index (χ0n) is 51.1. The van der Waals surface area contributed by atoms with Gasteiger partial charge in [-0.05, 0) is 316 Å². The summed E-state index contributed by atoms with van der Waals surface area (Å²) in [5.74, 6) is 0.297. The largest absolute Gasteiger partial charge is 0.0587 e. The van der Waals surface area contributed by atoms with E-state index in [1.807, 2.05) is 0 Å². The van der Waals surface area contributed by atoms with Gasteiger partial charge in [-0.25, -0.2) is 0 Å². The van der Waals surface area contributed by atoms with Crippen LogP contribution in [0.25, 0.3) is 44.2 Å². The van der Waals surface area contributed by atoms with Crippen LogP contribution in [-0.4, -0.2) is 0 Å². The molecule has 0 heterocycles. The van der Waals surface area contributed by atoms with Crippen LogP contribution < -0.4 is 0 Å².